The zero-order valence-electron chi connectivity index (χ0n) is 10.9. The third-order valence-electron chi connectivity index (χ3n) is 2.79. The lowest BCUT2D eigenvalue weighted by Gasteiger charge is -2.23. The van der Waals surface area contributed by atoms with Gasteiger partial charge in [-0.1, -0.05) is 25.9 Å². The third-order valence-corrected chi connectivity index (χ3v) is 2.79. The normalized spacial score (nSPS) is 13.6. The van der Waals surface area contributed by atoms with Gasteiger partial charge >= 0.3 is 0 Å². The summed E-state index contributed by atoms with van der Waals surface area (Å²) in [7, 11) is 0. The average molecular weight is 246 g/mol. The molecule has 0 aliphatic rings. The van der Waals surface area contributed by atoms with E-state index in [1.54, 1.807) is 12.4 Å². The number of nitrogens with zero attached hydrogens (tertiary/aromatic N) is 3. The Morgan fingerprint density at radius 2 is 1.94 bits per heavy atom. The summed E-state index contributed by atoms with van der Waals surface area (Å²) in [4.78, 5) is 8.32. The molecule has 5 heteroatoms. The molecule has 0 aliphatic heterocycles. The quantitative estimate of drug-likeness (QED) is 0.897. The maximum atomic E-state index is 6.07. The second-order valence-corrected chi connectivity index (χ2v) is 5.42. The van der Waals surface area contributed by atoms with Gasteiger partial charge in [0.25, 0.3) is 0 Å². The minimum Gasteiger partial charge on any atom is -0.338 e. The van der Waals surface area contributed by atoms with Gasteiger partial charge in [0.1, 0.15) is 0 Å². The smallest absolute Gasteiger partial charge is 0.244 e. The van der Waals surface area contributed by atoms with Crippen LogP contribution in [0.2, 0.25) is 0 Å². The van der Waals surface area contributed by atoms with Crippen molar-refractivity contribution >= 4 is 0 Å². The molecule has 0 spiro atoms. The van der Waals surface area contributed by atoms with E-state index in [0.717, 1.165) is 5.56 Å². The van der Waals surface area contributed by atoms with Gasteiger partial charge in [-0.15, -0.1) is 0 Å². The fourth-order valence-electron chi connectivity index (χ4n) is 1.52. The van der Waals surface area contributed by atoms with Gasteiger partial charge < -0.3 is 10.3 Å². The van der Waals surface area contributed by atoms with E-state index in [1.165, 1.54) is 0 Å². The van der Waals surface area contributed by atoms with Crippen molar-refractivity contribution in [3.63, 3.8) is 0 Å². The molecular formula is C13H18N4O. The lowest BCUT2D eigenvalue weighted by molar-refractivity contribution is 0.252. The Morgan fingerprint density at radius 1 is 1.28 bits per heavy atom. The Kier molecular flexibility index (Phi) is 3.43. The first kappa shape index (κ1) is 12.7. The molecule has 5 nitrogen and oxygen atoms in total. The maximum absolute atomic E-state index is 6.07. The Morgan fingerprint density at radius 3 is 2.56 bits per heavy atom. The summed E-state index contributed by atoms with van der Waals surface area (Å²) in [6, 6.07) is 3.61. The first-order chi connectivity index (χ1) is 8.47. The topological polar surface area (TPSA) is 77.8 Å². The molecule has 2 aromatic heterocycles. The van der Waals surface area contributed by atoms with Crippen molar-refractivity contribution in [2.75, 3.05) is 0 Å². The summed E-state index contributed by atoms with van der Waals surface area (Å²) in [6.07, 6.45) is 4.12. The molecule has 2 aromatic rings. The van der Waals surface area contributed by atoms with E-state index in [9.17, 15) is 0 Å². The van der Waals surface area contributed by atoms with E-state index >= 15 is 0 Å². The number of nitrogens with two attached hydrogens (primary N) is 1. The number of rotatable bonds is 3. The molecule has 2 rings (SSSR count). The lowest BCUT2D eigenvalue weighted by Crippen LogP contribution is -2.26. The second-order valence-electron chi connectivity index (χ2n) is 5.42. The van der Waals surface area contributed by atoms with Gasteiger partial charge in [-0.25, -0.2) is 0 Å². The highest BCUT2D eigenvalue weighted by atomic mass is 16.5. The van der Waals surface area contributed by atoms with E-state index in [1.807, 2.05) is 32.9 Å². The molecule has 96 valence electrons. The fraction of sp³-hybridized carbons (Fsp3) is 0.462. The highest BCUT2D eigenvalue weighted by Gasteiger charge is 2.27. The fourth-order valence-corrected chi connectivity index (χ4v) is 1.52. The first-order valence-electron chi connectivity index (χ1n) is 5.94. The van der Waals surface area contributed by atoms with Gasteiger partial charge in [-0.2, -0.15) is 4.98 Å². The third kappa shape index (κ3) is 2.92. The Hall–Kier alpha value is -1.75. The van der Waals surface area contributed by atoms with E-state index in [4.69, 9.17) is 10.3 Å². The number of pyridine rings is 1. The van der Waals surface area contributed by atoms with Gasteiger partial charge in [-0.3, -0.25) is 4.98 Å². The zero-order valence-corrected chi connectivity index (χ0v) is 10.9. The van der Waals surface area contributed by atoms with E-state index < -0.39 is 0 Å². The van der Waals surface area contributed by atoms with Crippen molar-refractivity contribution in [2.45, 2.75) is 33.2 Å². The van der Waals surface area contributed by atoms with Gasteiger partial charge in [0.15, 0.2) is 5.82 Å². The number of aromatic nitrogens is 3. The number of hydrogen-bond donors (Lipinski definition) is 1. The standard InChI is InChI=1S/C13H18N4O/c1-13(2,3)11(14)12-16-10(17-18-12)8-9-4-6-15-7-5-9/h4-7,11H,8,14H2,1-3H3. The molecule has 1 atom stereocenters. The van der Waals surface area contributed by atoms with Crippen molar-refractivity contribution in [2.24, 2.45) is 11.1 Å². The monoisotopic (exact) mass is 246 g/mol. The molecule has 0 amide bonds. The van der Waals surface area contributed by atoms with Gasteiger partial charge in [-0.05, 0) is 23.1 Å². The van der Waals surface area contributed by atoms with Crippen molar-refractivity contribution in [1.29, 1.82) is 0 Å². The van der Waals surface area contributed by atoms with Crippen molar-refractivity contribution in [1.82, 2.24) is 15.1 Å². The minimum atomic E-state index is -0.254. The Balaban J connectivity index is 2.12. The van der Waals surface area contributed by atoms with E-state index in [0.29, 0.717) is 18.1 Å². The van der Waals surface area contributed by atoms with Crippen LogP contribution in [0.3, 0.4) is 0 Å². The summed E-state index contributed by atoms with van der Waals surface area (Å²) < 4.78 is 5.22. The molecule has 18 heavy (non-hydrogen) atoms. The SMILES string of the molecule is CC(C)(C)C(N)c1nc(Cc2ccncc2)no1. The van der Waals surface area contributed by atoms with Gasteiger partial charge in [0.2, 0.25) is 5.89 Å². The lowest BCUT2D eigenvalue weighted by atomic mass is 9.87. The van der Waals surface area contributed by atoms with Crippen molar-refractivity contribution in [3.05, 3.63) is 41.8 Å². The van der Waals surface area contributed by atoms with Crippen LogP contribution in [-0.4, -0.2) is 15.1 Å². The summed E-state index contributed by atoms with van der Waals surface area (Å²) in [5.41, 5.74) is 7.07. The first-order valence-corrected chi connectivity index (χ1v) is 5.94. The summed E-state index contributed by atoms with van der Waals surface area (Å²) in [6.45, 7) is 6.14. The second kappa shape index (κ2) is 4.86. The summed E-state index contributed by atoms with van der Waals surface area (Å²) in [5, 5.41) is 3.96. The largest absolute Gasteiger partial charge is 0.338 e. The van der Waals surface area contributed by atoms with E-state index in [2.05, 4.69) is 15.1 Å². The zero-order chi connectivity index (χ0) is 13.2. The molecule has 2 N–H and O–H groups in total. The van der Waals surface area contributed by atoms with Crippen LogP contribution in [0, 0.1) is 5.41 Å². The summed E-state index contributed by atoms with van der Waals surface area (Å²) in [5.74, 6) is 1.14. The molecule has 0 radical (unpaired) electrons. The van der Waals surface area contributed by atoms with Crippen LogP contribution in [0.25, 0.3) is 0 Å². The predicted molar refractivity (Wildman–Crippen MR) is 67.7 cm³/mol. The predicted octanol–water partition coefficient (Wildman–Crippen LogP) is 2.10. The van der Waals surface area contributed by atoms with Crippen LogP contribution in [-0.2, 0) is 6.42 Å². The Labute approximate surface area is 106 Å². The van der Waals surface area contributed by atoms with Gasteiger partial charge in [0, 0.05) is 18.8 Å². The van der Waals surface area contributed by atoms with Gasteiger partial charge in [0.05, 0.1) is 6.04 Å². The molecular weight excluding hydrogens is 228 g/mol. The maximum Gasteiger partial charge on any atom is 0.244 e. The average Bonchev–Trinajstić information content (AvgIpc) is 2.76. The highest BCUT2D eigenvalue weighted by Crippen LogP contribution is 2.29. The van der Waals surface area contributed by atoms with Crippen molar-refractivity contribution < 1.29 is 4.52 Å². The summed E-state index contributed by atoms with van der Waals surface area (Å²) >= 11 is 0. The molecule has 0 aliphatic carbocycles. The molecule has 2 heterocycles. The molecule has 0 saturated carbocycles. The van der Waals surface area contributed by atoms with E-state index in [-0.39, 0.29) is 11.5 Å². The molecule has 0 saturated heterocycles. The van der Waals surface area contributed by atoms with Crippen LogP contribution in [0.15, 0.2) is 29.0 Å². The van der Waals surface area contributed by atoms with Crippen LogP contribution in [0.4, 0.5) is 0 Å². The highest BCUT2D eigenvalue weighted by molar-refractivity contribution is 5.15. The molecule has 0 fully saturated rings. The molecule has 0 aromatic carbocycles. The van der Waals surface area contributed by atoms with Crippen LogP contribution in [0.1, 0.15) is 44.1 Å². The Bertz CT molecular complexity index is 501. The minimum absolute atomic E-state index is 0.0968. The van der Waals surface area contributed by atoms with Crippen LogP contribution < -0.4 is 5.73 Å². The molecule has 1 unspecified atom stereocenters. The number of hydrogen-bond acceptors (Lipinski definition) is 5. The van der Waals surface area contributed by atoms with Crippen molar-refractivity contribution in [3.8, 4) is 0 Å². The molecule has 0 bridgehead atoms. The van der Waals surface area contributed by atoms with Crippen LogP contribution >= 0.6 is 0 Å². The van der Waals surface area contributed by atoms with Crippen LogP contribution in [0.5, 0.6) is 0 Å².